The number of ether oxygens (including phenoxy) is 1. The van der Waals surface area contributed by atoms with E-state index in [1.165, 1.54) is 0 Å². The number of hydrogen-bond donors (Lipinski definition) is 2. The lowest BCUT2D eigenvalue weighted by molar-refractivity contribution is 0.217. The van der Waals surface area contributed by atoms with E-state index in [9.17, 15) is 4.79 Å². The third-order valence-corrected chi connectivity index (χ3v) is 2.67. The number of nitrogens with zero attached hydrogens (tertiary/aromatic N) is 1. The molecule has 0 bridgehead atoms. The minimum Gasteiger partial charge on any atom is -0.484 e. The van der Waals surface area contributed by atoms with Crippen molar-refractivity contribution in [3.8, 4) is 5.75 Å². The Kier molecular flexibility index (Phi) is 6.08. The van der Waals surface area contributed by atoms with E-state index >= 15 is 0 Å². The van der Waals surface area contributed by atoms with E-state index in [0.717, 1.165) is 0 Å². The van der Waals surface area contributed by atoms with Crippen LogP contribution in [-0.2, 0) is 0 Å². The lowest BCUT2D eigenvalue weighted by Crippen LogP contribution is -2.34. The van der Waals surface area contributed by atoms with E-state index in [1.54, 1.807) is 17.0 Å². The van der Waals surface area contributed by atoms with E-state index in [4.69, 9.17) is 22.7 Å². The van der Waals surface area contributed by atoms with Crippen LogP contribution in [0.25, 0.3) is 0 Å². The van der Waals surface area contributed by atoms with Crippen molar-refractivity contribution in [1.82, 2.24) is 4.90 Å². The lowest BCUT2D eigenvalue weighted by Gasteiger charge is -2.20. The van der Waals surface area contributed by atoms with Gasteiger partial charge < -0.3 is 20.7 Å². The SMILES string of the molecule is CCN(CC)C(=O)Nc1ccccc1OCC(N)=S. The number of nitrogens with one attached hydrogen (secondary N) is 1. The standard InChI is InChI=1S/C13H19N3O2S/c1-3-16(4-2)13(17)15-10-7-5-6-8-11(10)18-9-12(14)19/h5-8H,3-4,9H2,1-2H3,(H2,14,19)(H,15,17). The fourth-order valence-corrected chi connectivity index (χ4v) is 1.61. The summed E-state index contributed by atoms with van der Waals surface area (Å²) in [6.07, 6.45) is 0. The average molecular weight is 281 g/mol. The molecule has 1 aromatic rings. The molecule has 0 atom stereocenters. The van der Waals surface area contributed by atoms with E-state index in [2.05, 4.69) is 5.32 Å². The zero-order valence-electron chi connectivity index (χ0n) is 11.2. The molecule has 0 spiro atoms. The normalized spacial score (nSPS) is 9.79. The van der Waals surface area contributed by atoms with Gasteiger partial charge in [0.25, 0.3) is 0 Å². The molecule has 1 aromatic carbocycles. The number of para-hydroxylation sites is 2. The molecule has 0 saturated carbocycles. The fourth-order valence-electron chi connectivity index (χ4n) is 1.55. The molecule has 0 saturated heterocycles. The zero-order valence-corrected chi connectivity index (χ0v) is 12.0. The molecule has 1 rings (SSSR count). The van der Waals surface area contributed by atoms with Crippen molar-refractivity contribution in [3.05, 3.63) is 24.3 Å². The molecule has 2 amide bonds. The maximum absolute atomic E-state index is 12.0. The Morgan fingerprint density at radius 3 is 2.58 bits per heavy atom. The first-order valence-electron chi connectivity index (χ1n) is 6.14. The van der Waals surface area contributed by atoms with E-state index in [0.29, 0.717) is 24.5 Å². The number of hydrogen-bond acceptors (Lipinski definition) is 3. The second kappa shape index (κ2) is 7.58. The first kappa shape index (κ1) is 15.2. The minimum absolute atomic E-state index is 0.146. The zero-order chi connectivity index (χ0) is 14.3. The Morgan fingerprint density at radius 1 is 1.37 bits per heavy atom. The molecule has 0 unspecified atom stereocenters. The molecule has 0 heterocycles. The summed E-state index contributed by atoms with van der Waals surface area (Å²) in [6, 6.07) is 7.02. The molecule has 0 aromatic heterocycles. The van der Waals surface area contributed by atoms with E-state index in [-0.39, 0.29) is 17.6 Å². The summed E-state index contributed by atoms with van der Waals surface area (Å²) >= 11 is 4.76. The minimum atomic E-state index is -0.156. The van der Waals surface area contributed by atoms with Crippen LogP contribution in [0.3, 0.4) is 0 Å². The van der Waals surface area contributed by atoms with Crippen LogP contribution in [0.15, 0.2) is 24.3 Å². The second-order valence-electron chi connectivity index (χ2n) is 3.85. The van der Waals surface area contributed by atoms with Gasteiger partial charge in [-0.3, -0.25) is 0 Å². The van der Waals surface area contributed by atoms with Crippen molar-refractivity contribution in [1.29, 1.82) is 0 Å². The quantitative estimate of drug-likeness (QED) is 0.785. The molecular formula is C13H19N3O2S. The van der Waals surface area contributed by atoms with Crippen LogP contribution in [-0.4, -0.2) is 35.6 Å². The number of carbonyl (C=O) groups excluding carboxylic acids is 1. The van der Waals surface area contributed by atoms with Crippen molar-refractivity contribution >= 4 is 28.9 Å². The summed E-state index contributed by atoms with van der Waals surface area (Å²) in [5.74, 6) is 0.552. The van der Waals surface area contributed by atoms with Crippen LogP contribution in [0.1, 0.15) is 13.8 Å². The van der Waals surface area contributed by atoms with E-state index in [1.807, 2.05) is 26.0 Å². The summed E-state index contributed by atoms with van der Waals surface area (Å²) in [5.41, 5.74) is 6.00. The maximum Gasteiger partial charge on any atom is 0.321 e. The molecule has 5 nitrogen and oxygen atoms in total. The highest BCUT2D eigenvalue weighted by atomic mass is 32.1. The van der Waals surface area contributed by atoms with Crippen molar-refractivity contribution in [2.75, 3.05) is 25.0 Å². The van der Waals surface area contributed by atoms with Gasteiger partial charge in [-0.25, -0.2) is 4.79 Å². The molecule has 0 aliphatic heterocycles. The Labute approximate surface area is 118 Å². The van der Waals surface area contributed by atoms with Gasteiger partial charge in [0, 0.05) is 13.1 Å². The molecule has 0 aliphatic rings. The van der Waals surface area contributed by atoms with Gasteiger partial charge in [0.1, 0.15) is 17.3 Å². The Bertz CT molecular complexity index is 447. The second-order valence-corrected chi connectivity index (χ2v) is 4.38. The number of urea groups is 1. The van der Waals surface area contributed by atoms with Gasteiger partial charge in [-0.2, -0.15) is 0 Å². The number of thiocarbonyl (C=S) groups is 1. The van der Waals surface area contributed by atoms with Crippen LogP contribution in [0, 0.1) is 0 Å². The van der Waals surface area contributed by atoms with E-state index < -0.39 is 0 Å². The first-order chi connectivity index (χ1) is 9.08. The molecule has 0 radical (unpaired) electrons. The van der Waals surface area contributed by atoms with Crippen molar-refractivity contribution in [2.45, 2.75) is 13.8 Å². The molecule has 19 heavy (non-hydrogen) atoms. The predicted molar refractivity (Wildman–Crippen MR) is 80.7 cm³/mol. The summed E-state index contributed by atoms with van der Waals surface area (Å²) in [7, 11) is 0. The van der Waals surface area contributed by atoms with Crippen LogP contribution in [0.5, 0.6) is 5.75 Å². The van der Waals surface area contributed by atoms with Gasteiger partial charge in [0.2, 0.25) is 0 Å². The summed E-state index contributed by atoms with van der Waals surface area (Å²) in [6.45, 7) is 5.31. The van der Waals surface area contributed by atoms with Gasteiger partial charge in [-0.15, -0.1) is 0 Å². The van der Waals surface area contributed by atoms with Gasteiger partial charge >= 0.3 is 6.03 Å². The highest BCUT2D eigenvalue weighted by molar-refractivity contribution is 7.80. The van der Waals surface area contributed by atoms with Gasteiger partial charge in [-0.1, -0.05) is 24.4 Å². The van der Waals surface area contributed by atoms with Gasteiger partial charge in [0.05, 0.1) is 5.69 Å². The van der Waals surface area contributed by atoms with Gasteiger partial charge in [0.15, 0.2) is 0 Å². The first-order valence-corrected chi connectivity index (χ1v) is 6.55. The third kappa shape index (κ3) is 4.75. The summed E-state index contributed by atoms with van der Waals surface area (Å²) in [5, 5.41) is 2.81. The fraction of sp³-hybridized carbons (Fsp3) is 0.385. The topological polar surface area (TPSA) is 67.6 Å². The third-order valence-electron chi connectivity index (χ3n) is 2.55. The number of nitrogens with two attached hydrogens (primary N) is 1. The Balaban J connectivity index is 2.77. The van der Waals surface area contributed by atoms with Crippen molar-refractivity contribution in [3.63, 3.8) is 0 Å². The maximum atomic E-state index is 12.0. The Hall–Kier alpha value is -1.82. The molecule has 104 valence electrons. The number of benzene rings is 1. The summed E-state index contributed by atoms with van der Waals surface area (Å²) in [4.78, 5) is 13.9. The largest absolute Gasteiger partial charge is 0.484 e. The average Bonchev–Trinajstić information content (AvgIpc) is 2.39. The van der Waals surface area contributed by atoms with Gasteiger partial charge in [-0.05, 0) is 26.0 Å². The monoisotopic (exact) mass is 281 g/mol. The Morgan fingerprint density at radius 2 is 2.00 bits per heavy atom. The van der Waals surface area contributed by atoms with Crippen LogP contribution in [0.4, 0.5) is 10.5 Å². The van der Waals surface area contributed by atoms with Crippen LogP contribution >= 0.6 is 12.2 Å². The lowest BCUT2D eigenvalue weighted by atomic mass is 10.3. The molecular weight excluding hydrogens is 262 g/mol. The number of carbonyl (C=O) groups is 1. The molecule has 6 heteroatoms. The number of anilines is 1. The number of rotatable bonds is 6. The molecule has 3 N–H and O–H groups in total. The number of amides is 2. The molecule has 0 aliphatic carbocycles. The van der Waals surface area contributed by atoms with Crippen molar-refractivity contribution < 1.29 is 9.53 Å². The van der Waals surface area contributed by atoms with Crippen molar-refractivity contribution in [2.24, 2.45) is 5.73 Å². The highest BCUT2D eigenvalue weighted by Gasteiger charge is 2.12. The van der Waals surface area contributed by atoms with Crippen LogP contribution in [0.2, 0.25) is 0 Å². The predicted octanol–water partition coefficient (Wildman–Crippen LogP) is 2.23. The highest BCUT2D eigenvalue weighted by Crippen LogP contribution is 2.23. The molecule has 0 fully saturated rings. The summed E-state index contributed by atoms with van der Waals surface area (Å²) < 4.78 is 5.45. The van der Waals surface area contributed by atoms with Crippen LogP contribution < -0.4 is 15.8 Å². The smallest absolute Gasteiger partial charge is 0.321 e.